The Hall–Kier alpha value is -0.160. The molecule has 0 aliphatic carbocycles. The van der Waals surface area contributed by atoms with Crippen LogP contribution in [-0.2, 0) is 9.47 Å². The van der Waals surface area contributed by atoms with Gasteiger partial charge in [0.05, 0.1) is 24.9 Å². The molecule has 1 rings (SSSR count). The average molecular weight is 230 g/mol. The average Bonchev–Trinajstić information content (AvgIpc) is 2.17. The number of likely N-dealkylation sites (N-methyl/N-ethyl adjacent to an activating group) is 1. The number of nitrogens with one attached hydrogen (secondary N) is 1. The first-order chi connectivity index (χ1) is 7.51. The standard InChI is InChI=1S/C12H26N2O2/c1-12(2,3)16-8-6-14-5-7-15-11(10-14)9-13-4/h11,13H,5-10H2,1-4H3. The topological polar surface area (TPSA) is 33.7 Å². The molecule has 1 saturated heterocycles. The van der Waals surface area contributed by atoms with E-state index in [1.54, 1.807) is 0 Å². The fourth-order valence-corrected chi connectivity index (χ4v) is 1.82. The number of hydrogen-bond donors (Lipinski definition) is 1. The van der Waals surface area contributed by atoms with Gasteiger partial charge in [-0.05, 0) is 27.8 Å². The molecule has 0 aromatic heterocycles. The third-order valence-electron chi connectivity index (χ3n) is 2.60. The zero-order chi connectivity index (χ0) is 12.0. The highest BCUT2D eigenvalue weighted by Crippen LogP contribution is 2.08. The normalized spacial score (nSPS) is 23.6. The largest absolute Gasteiger partial charge is 0.375 e. The van der Waals surface area contributed by atoms with E-state index in [0.29, 0.717) is 6.10 Å². The molecule has 4 heteroatoms. The van der Waals surface area contributed by atoms with Crippen LogP contribution in [0.3, 0.4) is 0 Å². The van der Waals surface area contributed by atoms with E-state index in [1.165, 1.54) is 0 Å². The first-order valence-corrected chi connectivity index (χ1v) is 6.14. The van der Waals surface area contributed by atoms with Gasteiger partial charge in [-0.2, -0.15) is 0 Å². The third kappa shape index (κ3) is 5.80. The summed E-state index contributed by atoms with van der Waals surface area (Å²) in [5, 5.41) is 3.16. The van der Waals surface area contributed by atoms with E-state index < -0.39 is 0 Å². The van der Waals surface area contributed by atoms with E-state index in [1.807, 2.05) is 7.05 Å². The smallest absolute Gasteiger partial charge is 0.0826 e. The lowest BCUT2D eigenvalue weighted by atomic mass is 10.2. The molecule has 1 N–H and O–H groups in total. The molecule has 0 aromatic rings. The van der Waals surface area contributed by atoms with E-state index >= 15 is 0 Å². The van der Waals surface area contributed by atoms with Crippen molar-refractivity contribution in [1.82, 2.24) is 10.2 Å². The van der Waals surface area contributed by atoms with Crippen molar-refractivity contribution in [2.45, 2.75) is 32.5 Å². The van der Waals surface area contributed by atoms with Gasteiger partial charge in [-0.25, -0.2) is 0 Å². The zero-order valence-corrected chi connectivity index (χ0v) is 11.1. The van der Waals surface area contributed by atoms with E-state index in [2.05, 4.69) is 31.0 Å². The highest BCUT2D eigenvalue weighted by molar-refractivity contribution is 4.73. The Morgan fingerprint density at radius 2 is 2.19 bits per heavy atom. The lowest BCUT2D eigenvalue weighted by molar-refractivity contribution is -0.0522. The summed E-state index contributed by atoms with van der Waals surface area (Å²) < 4.78 is 11.4. The van der Waals surface area contributed by atoms with Crippen LogP contribution in [0.5, 0.6) is 0 Å². The van der Waals surface area contributed by atoms with Crippen LogP contribution >= 0.6 is 0 Å². The molecule has 1 fully saturated rings. The first kappa shape index (κ1) is 13.9. The Morgan fingerprint density at radius 1 is 1.44 bits per heavy atom. The molecule has 1 heterocycles. The third-order valence-corrected chi connectivity index (χ3v) is 2.60. The van der Waals surface area contributed by atoms with Gasteiger partial charge in [-0.15, -0.1) is 0 Å². The molecular formula is C12H26N2O2. The fraction of sp³-hybridized carbons (Fsp3) is 1.00. The van der Waals surface area contributed by atoms with Crippen molar-refractivity contribution in [2.75, 3.05) is 46.4 Å². The van der Waals surface area contributed by atoms with Crippen LogP contribution in [0.1, 0.15) is 20.8 Å². The Kier molecular flexibility index (Phi) is 5.69. The number of ether oxygens (including phenoxy) is 2. The molecule has 0 spiro atoms. The molecule has 16 heavy (non-hydrogen) atoms. The highest BCUT2D eigenvalue weighted by Gasteiger charge is 2.20. The van der Waals surface area contributed by atoms with E-state index in [-0.39, 0.29) is 5.60 Å². The van der Waals surface area contributed by atoms with Gasteiger partial charge in [0, 0.05) is 26.2 Å². The molecule has 0 saturated carbocycles. The molecule has 0 amide bonds. The van der Waals surface area contributed by atoms with E-state index in [9.17, 15) is 0 Å². The Labute approximate surface area is 99.3 Å². The minimum Gasteiger partial charge on any atom is -0.375 e. The first-order valence-electron chi connectivity index (χ1n) is 6.14. The second-order valence-electron chi connectivity index (χ2n) is 5.31. The van der Waals surface area contributed by atoms with Gasteiger partial charge in [0.15, 0.2) is 0 Å². The number of rotatable bonds is 5. The fourth-order valence-electron chi connectivity index (χ4n) is 1.82. The van der Waals surface area contributed by atoms with Gasteiger partial charge < -0.3 is 14.8 Å². The van der Waals surface area contributed by atoms with Crippen LogP contribution in [0.25, 0.3) is 0 Å². The van der Waals surface area contributed by atoms with Crippen LogP contribution in [0.15, 0.2) is 0 Å². The van der Waals surface area contributed by atoms with Crippen molar-refractivity contribution >= 4 is 0 Å². The summed E-state index contributed by atoms with van der Waals surface area (Å²) in [6.45, 7) is 11.9. The summed E-state index contributed by atoms with van der Waals surface area (Å²) in [6.07, 6.45) is 0.327. The Balaban J connectivity index is 2.16. The predicted molar refractivity (Wildman–Crippen MR) is 65.8 cm³/mol. The van der Waals surface area contributed by atoms with Crippen LogP contribution in [0, 0.1) is 0 Å². The Morgan fingerprint density at radius 3 is 2.81 bits per heavy atom. The minimum atomic E-state index is -0.0311. The van der Waals surface area contributed by atoms with Crippen molar-refractivity contribution in [2.24, 2.45) is 0 Å². The van der Waals surface area contributed by atoms with Crippen molar-refractivity contribution in [3.8, 4) is 0 Å². The highest BCUT2D eigenvalue weighted by atomic mass is 16.5. The van der Waals surface area contributed by atoms with Crippen LogP contribution < -0.4 is 5.32 Å². The molecule has 1 aliphatic rings. The lowest BCUT2D eigenvalue weighted by Gasteiger charge is -2.33. The van der Waals surface area contributed by atoms with Gasteiger partial charge in [0.25, 0.3) is 0 Å². The van der Waals surface area contributed by atoms with Crippen molar-refractivity contribution in [3.05, 3.63) is 0 Å². The number of hydrogen-bond acceptors (Lipinski definition) is 4. The molecule has 0 bridgehead atoms. The summed E-state index contributed by atoms with van der Waals surface area (Å²) in [7, 11) is 1.96. The van der Waals surface area contributed by atoms with E-state index in [0.717, 1.165) is 39.4 Å². The second-order valence-corrected chi connectivity index (χ2v) is 5.31. The SMILES string of the molecule is CNCC1CN(CCOC(C)(C)C)CCO1. The lowest BCUT2D eigenvalue weighted by Crippen LogP contribution is -2.47. The van der Waals surface area contributed by atoms with Crippen LogP contribution in [-0.4, -0.2) is 63.0 Å². The number of nitrogens with zero attached hydrogens (tertiary/aromatic N) is 1. The van der Waals surface area contributed by atoms with Gasteiger partial charge in [-0.3, -0.25) is 4.90 Å². The van der Waals surface area contributed by atoms with Gasteiger partial charge >= 0.3 is 0 Å². The maximum absolute atomic E-state index is 5.73. The molecule has 1 atom stereocenters. The Bertz CT molecular complexity index is 190. The van der Waals surface area contributed by atoms with Crippen molar-refractivity contribution < 1.29 is 9.47 Å². The van der Waals surface area contributed by atoms with E-state index in [4.69, 9.17) is 9.47 Å². The summed E-state index contributed by atoms with van der Waals surface area (Å²) >= 11 is 0. The molecule has 0 aromatic carbocycles. The van der Waals surface area contributed by atoms with Gasteiger partial charge in [0.1, 0.15) is 0 Å². The summed E-state index contributed by atoms with van der Waals surface area (Å²) in [5.41, 5.74) is -0.0311. The molecule has 0 radical (unpaired) electrons. The zero-order valence-electron chi connectivity index (χ0n) is 11.1. The number of morpholine rings is 1. The summed E-state index contributed by atoms with van der Waals surface area (Å²) in [6, 6.07) is 0. The summed E-state index contributed by atoms with van der Waals surface area (Å²) in [5.74, 6) is 0. The predicted octanol–water partition coefficient (Wildman–Crippen LogP) is 0.722. The molecule has 1 aliphatic heterocycles. The molecule has 4 nitrogen and oxygen atoms in total. The molecule has 96 valence electrons. The second kappa shape index (κ2) is 6.55. The maximum Gasteiger partial charge on any atom is 0.0826 e. The van der Waals surface area contributed by atoms with Crippen LogP contribution in [0.2, 0.25) is 0 Å². The maximum atomic E-state index is 5.73. The summed E-state index contributed by atoms with van der Waals surface area (Å²) in [4.78, 5) is 2.41. The van der Waals surface area contributed by atoms with Gasteiger partial charge in [0.2, 0.25) is 0 Å². The molecular weight excluding hydrogens is 204 g/mol. The van der Waals surface area contributed by atoms with Gasteiger partial charge in [-0.1, -0.05) is 0 Å². The monoisotopic (exact) mass is 230 g/mol. The quantitative estimate of drug-likeness (QED) is 0.754. The molecule has 1 unspecified atom stereocenters. The van der Waals surface area contributed by atoms with Crippen LogP contribution in [0.4, 0.5) is 0 Å². The van der Waals surface area contributed by atoms with Crippen molar-refractivity contribution in [3.63, 3.8) is 0 Å². The van der Waals surface area contributed by atoms with Crippen molar-refractivity contribution in [1.29, 1.82) is 0 Å². The minimum absolute atomic E-state index is 0.0311.